The summed E-state index contributed by atoms with van der Waals surface area (Å²) in [4.78, 5) is 11.8. The first-order valence-corrected chi connectivity index (χ1v) is 6.03. The minimum Gasteiger partial charge on any atom is -0.391 e. The molecule has 0 fully saturated rings. The number of aryl methyl sites for hydroxylation is 1. The van der Waals surface area contributed by atoms with Crippen LogP contribution in [0.3, 0.4) is 0 Å². The normalized spacial score (nSPS) is 15.0. The molecule has 0 saturated heterocycles. The molecule has 0 aromatic carbocycles. The zero-order chi connectivity index (χ0) is 12.1. The molecule has 0 radical (unpaired) electrons. The van der Waals surface area contributed by atoms with Gasteiger partial charge >= 0.3 is 5.69 Å². The number of imidazole rings is 1. The topological polar surface area (TPSA) is 47.2 Å². The molecular formula is C12H22N2O2. The summed E-state index contributed by atoms with van der Waals surface area (Å²) in [6.45, 7) is 7.21. The Morgan fingerprint density at radius 2 is 1.94 bits per heavy atom. The SMILES string of the molecule is CCCn1ccn(CC(O)C(C)CC)c1=O. The van der Waals surface area contributed by atoms with E-state index in [2.05, 4.69) is 0 Å². The molecule has 0 aliphatic rings. The number of rotatable bonds is 6. The van der Waals surface area contributed by atoms with E-state index in [0.29, 0.717) is 6.54 Å². The lowest BCUT2D eigenvalue weighted by molar-refractivity contribution is 0.0954. The lowest BCUT2D eigenvalue weighted by Gasteiger charge is -2.16. The molecule has 1 heterocycles. The van der Waals surface area contributed by atoms with Crippen molar-refractivity contribution >= 4 is 0 Å². The maximum absolute atomic E-state index is 11.8. The van der Waals surface area contributed by atoms with Crippen molar-refractivity contribution < 1.29 is 5.11 Å². The van der Waals surface area contributed by atoms with Gasteiger partial charge in [-0.05, 0) is 12.3 Å². The quantitative estimate of drug-likeness (QED) is 0.798. The van der Waals surface area contributed by atoms with E-state index in [0.717, 1.165) is 19.4 Å². The Hall–Kier alpha value is -1.03. The van der Waals surface area contributed by atoms with Crippen LogP contribution in [-0.2, 0) is 13.1 Å². The highest BCUT2D eigenvalue weighted by Crippen LogP contribution is 2.08. The highest BCUT2D eigenvalue weighted by Gasteiger charge is 2.14. The summed E-state index contributed by atoms with van der Waals surface area (Å²) in [6, 6.07) is 0. The predicted molar refractivity (Wildman–Crippen MR) is 64.4 cm³/mol. The highest BCUT2D eigenvalue weighted by molar-refractivity contribution is 4.82. The van der Waals surface area contributed by atoms with Crippen LogP contribution in [0.5, 0.6) is 0 Å². The molecule has 2 unspecified atom stereocenters. The Morgan fingerprint density at radius 3 is 2.50 bits per heavy atom. The number of hydrogen-bond donors (Lipinski definition) is 1. The molecule has 0 spiro atoms. The van der Waals surface area contributed by atoms with Gasteiger partial charge in [-0.1, -0.05) is 27.2 Å². The van der Waals surface area contributed by atoms with Crippen molar-refractivity contribution in [3.05, 3.63) is 22.9 Å². The third-order valence-electron chi connectivity index (χ3n) is 3.07. The van der Waals surface area contributed by atoms with Gasteiger partial charge in [-0.2, -0.15) is 0 Å². The first kappa shape index (κ1) is 13.0. The first-order chi connectivity index (χ1) is 7.60. The van der Waals surface area contributed by atoms with E-state index in [9.17, 15) is 9.90 Å². The van der Waals surface area contributed by atoms with Crippen molar-refractivity contribution in [1.29, 1.82) is 0 Å². The van der Waals surface area contributed by atoms with Crippen LogP contribution < -0.4 is 5.69 Å². The molecule has 0 saturated carbocycles. The van der Waals surface area contributed by atoms with Crippen molar-refractivity contribution in [3.63, 3.8) is 0 Å². The Balaban J connectivity index is 2.71. The number of hydrogen-bond acceptors (Lipinski definition) is 2. The summed E-state index contributed by atoms with van der Waals surface area (Å²) in [5.41, 5.74) is -0.0239. The summed E-state index contributed by atoms with van der Waals surface area (Å²) in [6.07, 6.45) is 4.96. The molecule has 1 rings (SSSR count). The second-order valence-electron chi connectivity index (χ2n) is 4.38. The Labute approximate surface area is 96.5 Å². The van der Waals surface area contributed by atoms with Crippen LogP contribution in [-0.4, -0.2) is 20.3 Å². The first-order valence-electron chi connectivity index (χ1n) is 6.03. The fourth-order valence-electron chi connectivity index (χ4n) is 1.66. The zero-order valence-corrected chi connectivity index (χ0v) is 10.4. The van der Waals surface area contributed by atoms with Crippen molar-refractivity contribution in [2.75, 3.05) is 0 Å². The Kier molecular flexibility index (Phi) is 4.80. The van der Waals surface area contributed by atoms with Crippen molar-refractivity contribution in [2.24, 2.45) is 5.92 Å². The molecule has 4 nitrogen and oxygen atoms in total. The summed E-state index contributed by atoms with van der Waals surface area (Å²) in [7, 11) is 0. The van der Waals surface area contributed by atoms with Crippen molar-refractivity contribution in [1.82, 2.24) is 9.13 Å². The van der Waals surface area contributed by atoms with Crippen LogP contribution in [0.1, 0.15) is 33.6 Å². The maximum Gasteiger partial charge on any atom is 0.328 e. The van der Waals surface area contributed by atoms with E-state index in [4.69, 9.17) is 0 Å². The standard InChI is InChI=1S/C12H22N2O2/c1-4-6-13-7-8-14(12(13)16)9-11(15)10(3)5-2/h7-8,10-11,15H,4-6,9H2,1-3H3. The molecule has 1 N–H and O–H groups in total. The van der Waals surface area contributed by atoms with Gasteiger partial charge in [0, 0.05) is 18.9 Å². The Bertz CT molecular complexity index is 367. The minimum atomic E-state index is -0.444. The second-order valence-corrected chi connectivity index (χ2v) is 4.38. The van der Waals surface area contributed by atoms with Crippen LogP contribution in [0.2, 0.25) is 0 Å². The van der Waals surface area contributed by atoms with Crippen LogP contribution >= 0.6 is 0 Å². The van der Waals surface area contributed by atoms with Gasteiger partial charge in [0.15, 0.2) is 0 Å². The fraction of sp³-hybridized carbons (Fsp3) is 0.750. The van der Waals surface area contributed by atoms with Gasteiger partial charge in [-0.25, -0.2) is 4.79 Å². The summed E-state index contributed by atoms with van der Waals surface area (Å²) < 4.78 is 3.27. The predicted octanol–water partition coefficient (Wildman–Crippen LogP) is 1.47. The highest BCUT2D eigenvalue weighted by atomic mass is 16.3. The maximum atomic E-state index is 11.8. The van der Waals surface area contributed by atoms with Gasteiger partial charge in [-0.3, -0.25) is 9.13 Å². The fourth-order valence-corrected chi connectivity index (χ4v) is 1.66. The average molecular weight is 226 g/mol. The minimum absolute atomic E-state index is 0.0239. The van der Waals surface area contributed by atoms with Crippen LogP contribution in [0.15, 0.2) is 17.2 Å². The smallest absolute Gasteiger partial charge is 0.328 e. The van der Waals surface area contributed by atoms with E-state index < -0.39 is 6.10 Å². The largest absolute Gasteiger partial charge is 0.391 e. The molecule has 0 aliphatic carbocycles. The average Bonchev–Trinajstić information content (AvgIpc) is 2.61. The van der Waals surface area contributed by atoms with E-state index in [1.807, 2.05) is 20.8 Å². The molecule has 1 aromatic rings. The summed E-state index contributed by atoms with van der Waals surface area (Å²) in [5, 5.41) is 9.87. The number of aliphatic hydroxyl groups excluding tert-OH is 1. The number of nitrogens with zero attached hydrogens (tertiary/aromatic N) is 2. The molecule has 0 bridgehead atoms. The van der Waals surface area contributed by atoms with E-state index in [-0.39, 0.29) is 11.6 Å². The van der Waals surface area contributed by atoms with Gasteiger partial charge in [0.2, 0.25) is 0 Å². The number of aromatic nitrogens is 2. The number of aliphatic hydroxyl groups is 1. The second kappa shape index (κ2) is 5.89. The van der Waals surface area contributed by atoms with Gasteiger partial charge in [0.05, 0.1) is 12.6 Å². The molecular weight excluding hydrogens is 204 g/mol. The molecule has 16 heavy (non-hydrogen) atoms. The third-order valence-corrected chi connectivity index (χ3v) is 3.07. The summed E-state index contributed by atoms with van der Waals surface area (Å²) >= 11 is 0. The van der Waals surface area contributed by atoms with Crippen LogP contribution in [0.4, 0.5) is 0 Å². The molecule has 2 atom stereocenters. The van der Waals surface area contributed by atoms with E-state index in [1.165, 1.54) is 0 Å². The monoisotopic (exact) mass is 226 g/mol. The lowest BCUT2D eigenvalue weighted by atomic mass is 10.0. The van der Waals surface area contributed by atoms with Crippen LogP contribution in [0, 0.1) is 5.92 Å². The van der Waals surface area contributed by atoms with Gasteiger partial charge < -0.3 is 5.11 Å². The molecule has 1 aromatic heterocycles. The van der Waals surface area contributed by atoms with E-state index >= 15 is 0 Å². The Morgan fingerprint density at radius 1 is 1.31 bits per heavy atom. The molecule has 0 amide bonds. The lowest BCUT2D eigenvalue weighted by Crippen LogP contribution is -2.31. The summed E-state index contributed by atoms with van der Waals surface area (Å²) in [5.74, 6) is 0.224. The van der Waals surface area contributed by atoms with Gasteiger partial charge in [0.25, 0.3) is 0 Å². The third kappa shape index (κ3) is 2.98. The zero-order valence-electron chi connectivity index (χ0n) is 10.4. The van der Waals surface area contributed by atoms with E-state index in [1.54, 1.807) is 21.5 Å². The van der Waals surface area contributed by atoms with Crippen molar-refractivity contribution in [2.45, 2.75) is 52.8 Å². The van der Waals surface area contributed by atoms with Gasteiger partial charge in [-0.15, -0.1) is 0 Å². The van der Waals surface area contributed by atoms with Crippen LogP contribution in [0.25, 0.3) is 0 Å². The van der Waals surface area contributed by atoms with Crippen molar-refractivity contribution in [3.8, 4) is 0 Å². The molecule has 0 aliphatic heterocycles. The van der Waals surface area contributed by atoms with Gasteiger partial charge in [0.1, 0.15) is 0 Å². The molecule has 4 heteroatoms. The molecule has 92 valence electrons.